The summed E-state index contributed by atoms with van der Waals surface area (Å²) < 4.78 is 22.5. The first kappa shape index (κ1) is 19.0. The summed E-state index contributed by atoms with van der Waals surface area (Å²) in [7, 11) is 1.84. The molecular weight excluding hydrogens is 441 g/mol. The van der Waals surface area contributed by atoms with Crippen molar-refractivity contribution in [3.8, 4) is 11.5 Å². The summed E-state index contributed by atoms with van der Waals surface area (Å²) in [6.07, 6.45) is 1.56. The SMILES string of the molecule is Cn1c(Nc2ccc(Br)cc2F)nc2cc(Oc3ccnc(CN=O)c3)ccc21. The van der Waals surface area contributed by atoms with Crippen LogP contribution in [0, 0.1) is 10.7 Å². The molecule has 0 spiro atoms. The third kappa shape index (κ3) is 4.09. The van der Waals surface area contributed by atoms with Gasteiger partial charge in [-0.3, -0.25) is 4.98 Å². The lowest BCUT2D eigenvalue weighted by Gasteiger charge is -2.07. The minimum atomic E-state index is -0.381. The van der Waals surface area contributed by atoms with E-state index in [2.05, 4.69) is 36.4 Å². The Morgan fingerprint density at radius 2 is 2.00 bits per heavy atom. The number of nitrogens with zero attached hydrogens (tertiary/aromatic N) is 4. The molecule has 2 aromatic carbocycles. The highest BCUT2D eigenvalue weighted by Crippen LogP contribution is 2.29. The van der Waals surface area contributed by atoms with Gasteiger partial charge in [0.25, 0.3) is 0 Å². The van der Waals surface area contributed by atoms with Crippen LogP contribution in [0.5, 0.6) is 11.5 Å². The van der Waals surface area contributed by atoms with Crippen LogP contribution < -0.4 is 10.1 Å². The monoisotopic (exact) mass is 455 g/mol. The third-order valence-electron chi connectivity index (χ3n) is 4.28. The molecule has 0 aliphatic rings. The fraction of sp³-hybridized carbons (Fsp3) is 0.100. The third-order valence-corrected chi connectivity index (χ3v) is 4.77. The van der Waals surface area contributed by atoms with Crippen LogP contribution in [0.2, 0.25) is 0 Å². The number of aryl methyl sites for hydroxylation is 1. The Morgan fingerprint density at radius 3 is 2.79 bits per heavy atom. The van der Waals surface area contributed by atoms with Gasteiger partial charge < -0.3 is 14.6 Å². The highest BCUT2D eigenvalue weighted by molar-refractivity contribution is 9.10. The predicted octanol–water partition coefficient (Wildman–Crippen LogP) is 5.67. The quantitative estimate of drug-likeness (QED) is 0.378. The minimum absolute atomic E-state index is 0.0158. The number of nitroso groups, excluding NO2 is 1. The summed E-state index contributed by atoms with van der Waals surface area (Å²) in [6.45, 7) is -0.0158. The first-order valence-electron chi connectivity index (χ1n) is 8.64. The van der Waals surface area contributed by atoms with Gasteiger partial charge in [-0.1, -0.05) is 21.1 Å². The van der Waals surface area contributed by atoms with Gasteiger partial charge in [-0.25, -0.2) is 9.37 Å². The summed E-state index contributed by atoms with van der Waals surface area (Å²) in [4.78, 5) is 19.0. The van der Waals surface area contributed by atoms with Gasteiger partial charge in [-0.15, -0.1) is 0 Å². The molecule has 0 saturated heterocycles. The number of nitrogens with one attached hydrogen (secondary N) is 1. The van der Waals surface area contributed by atoms with E-state index >= 15 is 0 Å². The lowest BCUT2D eigenvalue weighted by Crippen LogP contribution is -2.00. The van der Waals surface area contributed by atoms with E-state index in [9.17, 15) is 9.30 Å². The number of benzene rings is 2. The summed E-state index contributed by atoms with van der Waals surface area (Å²) >= 11 is 3.25. The van der Waals surface area contributed by atoms with Crippen LogP contribution in [0.25, 0.3) is 11.0 Å². The van der Waals surface area contributed by atoms with Gasteiger partial charge in [0.1, 0.15) is 23.9 Å². The zero-order valence-corrected chi connectivity index (χ0v) is 16.9. The van der Waals surface area contributed by atoms with Gasteiger partial charge in [0.05, 0.1) is 22.4 Å². The Bertz CT molecular complexity index is 1210. The molecule has 0 bridgehead atoms. The number of aromatic nitrogens is 3. The molecule has 0 fully saturated rings. The smallest absolute Gasteiger partial charge is 0.208 e. The number of hydrogen-bond donors (Lipinski definition) is 1. The molecular formula is C20H15BrFN5O2. The largest absolute Gasteiger partial charge is 0.457 e. The second-order valence-corrected chi connectivity index (χ2v) is 7.18. The minimum Gasteiger partial charge on any atom is -0.457 e. The zero-order chi connectivity index (χ0) is 20.4. The van der Waals surface area contributed by atoms with Crippen molar-refractivity contribution in [2.75, 3.05) is 5.32 Å². The van der Waals surface area contributed by atoms with Gasteiger partial charge in [-0.05, 0) is 36.4 Å². The summed E-state index contributed by atoms with van der Waals surface area (Å²) in [5.74, 6) is 1.24. The first-order valence-corrected chi connectivity index (χ1v) is 9.43. The van der Waals surface area contributed by atoms with E-state index in [-0.39, 0.29) is 12.4 Å². The van der Waals surface area contributed by atoms with Gasteiger partial charge in [0, 0.05) is 29.8 Å². The average molecular weight is 456 g/mol. The molecule has 1 N–H and O–H groups in total. The van der Waals surface area contributed by atoms with Crippen LogP contribution in [0.15, 0.2) is 64.4 Å². The Hall–Kier alpha value is -3.33. The molecule has 0 aliphatic carbocycles. The number of rotatable bonds is 6. The predicted molar refractivity (Wildman–Crippen MR) is 112 cm³/mol. The van der Waals surface area contributed by atoms with E-state index in [1.54, 1.807) is 36.5 Å². The lowest BCUT2D eigenvalue weighted by molar-refractivity contribution is 0.481. The Labute approximate surface area is 173 Å². The van der Waals surface area contributed by atoms with Crippen molar-refractivity contribution < 1.29 is 9.13 Å². The van der Waals surface area contributed by atoms with Crippen molar-refractivity contribution in [1.29, 1.82) is 0 Å². The number of pyridine rings is 1. The maximum atomic E-state index is 14.1. The zero-order valence-electron chi connectivity index (χ0n) is 15.3. The van der Waals surface area contributed by atoms with Crippen molar-refractivity contribution in [2.24, 2.45) is 12.2 Å². The molecule has 2 heterocycles. The highest BCUT2D eigenvalue weighted by atomic mass is 79.9. The average Bonchev–Trinajstić information content (AvgIpc) is 2.99. The first-order chi connectivity index (χ1) is 14.0. The van der Waals surface area contributed by atoms with E-state index < -0.39 is 0 Å². The molecule has 0 unspecified atom stereocenters. The van der Waals surface area contributed by atoms with Gasteiger partial charge in [0.2, 0.25) is 5.95 Å². The van der Waals surface area contributed by atoms with Crippen molar-refractivity contribution in [3.05, 3.63) is 75.6 Å². The Morgan fingerprint density at radius 1 is 1.17 bits per heavy atom. The van der Waals surface area contributed by atoms with Crippen LogP contribution in [-0.4, -0.2) is 14.5 Å². The van der Waals surface area contributed by atoms with E-state index in [4.69, 9.17) is 4.74 Å². The number of anilines is 2. The van der Waals surface area contributed by atoms with E-state index in [0.717, 1.165) is 5.52 Å². The molecule has 0 atom stereocenters. The number of imidazole rings is 1. The van der Waals surface area contributed by atoms with Crippen LogP contribution in [0.4, 0.5) is 16.0 Å². The standard InChI is InChI=1S/C20H15BrFN5O2/c1-27-19-5-3-14(29-15-6-7-23-13(9-15)11-24-28)10-18(19)26-20(27)25-17-4-2-12(21)8-16(17)22/h2-10H,11H2,1H3,(H,25,26). The van der Waals surface area contributed by atoms with E-state index in [1.807, 2.05) is 23.7 Å². The molecule has 146 valence electrons. The van der Waals surface area contributed by atoms with Crippen LogP contribution in [0.3, 0.4) is 0 Å². The number of hydrogen-bond acceptors (Lipinski definition) is 6. The second-order valence-electron chi connectivity index (χ2n) is 6.27. The van der Waals surface area contributed by atoms with Crippen molar-refractivity contribution in [1.82, 2.24) is 14.5 Å². The van der Waals surface area contributed by atoms with E-state index in [0.29, 0.717) is 38.8 Å². The number of ether oxygens (including phenoxy) is 1. The summed E-state index contributed by atoms with van der Waals surface area (Å²) in [5.41, 5.74) is 2.41. The summed E-state index contributed by atoms with van der Waals surface area (Å²) in [6, 6.07) is 13.6. The Balaban J connectivity index is 1.61. The molecule has 0 saturated carbocycles. The second kappa shape index (κ2) is 7.96. The molecule has 0 aliphatic heterocycles. The lowest BCUT2D eigenvalue weighted by atomic mass is 10.3. The fourth-order valence-corrected chi connectivity index (χ4v) is 3.21. The fourth-order valence-electron chi connectivity index (χ4n) is 2.87. The molecule has 9 heteroatoms. The van der Waals surface area contributed by atoms with Gasteiger partial charge in [-0.2, -0.15) is 4.91 Å². The summed E-state index contributed by atoms with van der Waals surface area (Å²) in [5, 5.41) is 5.85. The number of fused-ring (bicyclic) bond motifs is 1. The van der Waals surface area contributed by atoms with Gasteiger partial charge in [0.15, 0.2) is 0 Å². The van der Waals surface area contributed by atoms with Crippen LogP contribution in [-0.2, 0) is 13.6 Å². The maximum Gasteiger partial charge on any atom is 0.208 e. The van der Waals surface area contributed by atoms with Crippen molar-refractivity contribution >= 4 is 38.6 Å². The molecule has 4 aromatic rings. The van der Waals surface area contributed by atoms with Crippen molar-refractivity contribution in [3.63, 3.8) is 0 Å². The number of halogens is 2. The normalized spacial score (nSPS) is 10.9. The Kier molecular flexibility index (Phi) is 5.22. The molecule has 0 amide bonds. The topological polar surface area (TPSA) is 81.4 Å². The molecule has 2 aromatic heterocycles. The van der Waals surface area contributed by atoms with Crippen LogP contribution in [0.1, 0.15) is 5.69 Å². The maximum absolute atomic E-state index is 14.1. The molecule has 29 heavy (non-hydrogen) atoms. The molecule has 7 nitrogen and oxygen atoms in total. The van der Waals surface area contributed by atoms with Crippen LogP contribution >= 0.6 is 15.9 Å². The van der Waals surface area contributed by atoms with E-state index in [1.165, 1.54) is 6.07 Å². The highest BCUT2D eigenvalue weighted by Gasteiger charge is 2.12. The molecule has 0 radical (unpaired) electrons. The van der Waals surface area contributed by atoms with Crippen molar-refractivity contribution in [2.45, 2.75) is 6.54 Å². The van der Waals surface area contributed by atoms with Gasteiger partial charge >= 0.3 is 0 Å². The molecule has 4 rings (SSSR count).